The Morgan fingerprint density at radius 2 is 2.27 bits per heavy atom. The van der Waals surface area contributed by atoms with Crippen LogP contribution in [0.1, 0.15) is 12.5 Å². The van der Waals surface area contributed by atoms with Crippen molar-refractivity contribution < 1.29 is 4.74 Å². The molecule has 1 saturated heterocycles. The van der Waals surface area contributed by atoms with Gasteiger partial charge in [-0.25, -0.2) is 0 Å². The Morgan fingerprint density at radius 3 is 2.80 bits per heavy atom. The number of nitrogens with one attached hydrogen (secondary N) is 1. The first kappa shape index (κ1) is 11.1. The van der Waals surface area contributed by atoms with Crippen LogP contribution in [0.5, 0.6) is 0 Å². The number of benzene rings is 1. The summed E-state index contributed by atoms with van der Waals surface area (Å²) >= 11 is 3.51. The van der Waals surface area contributed by atoms with Gasteiger partial charge < -0.3 is 10.1 Å². The molecule has 1 aliphatic heterocycles. The maximum Gasteiger partial charge on any atom is 0.0587 e. The van der Waals surface area contributed by atoms with Crippen LogP contribution in [0.3, 0.4) is 0 Å². The van der Waals surface area contributed by atoms with Crippen molar-refractivity contribution in [1.29, 1.82) is 0 Å². The highest BCUT2D eigenvalue weighted by atomic mass is 79.9. The van der Waals surface area contributed by atoms with Crippen LogP contribution in [0, 0.1) is 0 Å². The van der Waals surface area contributed by atoms with Gasteiger partial charge in [0.15, 0.2) is 0 Å². The molecule has 1 aromatic rings. The lowest BCUT2D eigenvalue weighted by molar-refractivity contribution is 0.0651. The Labute approximate surface area is 99.1 Å². The van der Waals surface area contributed by atoms with E-state index in [9.17, 15) is 0 Å². The van der Waals surface area contributed by atoms with Gasteiger partial charge in [-0.3, -0.25) is 0 Å². The fraction of sp³-hybridized carbons (Fsp3) is 0.500. The first-order valence-electron chi connectivity index (χ1n) is 5.31. The van der Waals surface area contributed by atoms with Gasteiger partial charge in [0.05, 0.1) is 6.61 Å². The molecular formula is C12H16BrNO. The molecule has 82 valence electrons. The summed E-state index contributed by atoms with van der Waals surface area (Å²) < 4.78 is 6.72. The van der Waals surface area contributed by atoms with Crippen molar-refractivity contribution in [3.05, 3.63) is 34.3 Å². The van der Waals surface area contributed by atoms with E-state index in [0.29, 0.717) is 0 Å². The maximum absolute atomic E-state index is 5.58. The predicted octanol–water partition coefficient (Wildman–Crippen LogP) is 2.33. The summed E-state index contributed by atoms with van der Waals surface area (Å²) in [6.07, 6.45) is 0. The van der Waals surface area contributed by atoms with Crippen LogP contribution in [0.2, 0.25) is 0 Å². The van der Waals surface area contributed by atoms with Gasteiger partial charge in [0.2, 0.25) is 0 Å². The highest BCUT2D eigenvalue weighted by molar-refractivity contribution is 9.10. The zero-order valence-corrected chi connectivity index (χ0v) is 10.5. The van der Waals surface area contributed by atoms with E-state index in [1.807, 2.05) is 6.92 Å². The summed E-state index contributed by atoms with van der Waals surface area (Å²) in [6.45, 7) is 5.68. The van der Waals surface area contributed by atoms with Crippen molar-refractivity contribution in [3.63, 3.8) is 0 Å². The fourth-order valence-corrected chi connectivity index (χ4v) is 2.33. The van der Waals surface area contributed by atoms with E-state index in [4.69, 9.17) is 4.74 Å². The summed E-state index contributed by atoms with van der Waals surface area (Å²) in [5, 5.41) is 3.33. The van der Waals surface area contributed by atoms with E-state index in [1.165, 1.54) is 5.56 Å². The topological polar surface area (TPSA) is 21.3 Å². The van der Waals surface area contributed by atoms with Gasteiger partial charge >= 0.3 is 0 Å². The molecule has 2 rings (SSSR count). The van der Waals surface area contributed by atoms with Crippen LogP contribution in [-0.4, -0.2) is 26.3 Å². The molecule has 1 aromatic carbocycles. The smallest absolute Gasteiger partial charge is 0.0587 e. The van der Waals surface area contributed by atoms with Crippen LogP contribution >= 0.6 is 15.9 Å². The predicted molar refractivity (Wildman–Crippen MR) is 65.2 cm³/mol. The lowest BCUT2D eigenvalue weighted by atomic mass is 9.76. The Balaban J connectivity index is 2.18. The minimum absolute atomic E-state index is 0.194. The number of ether oxygens (including phenoxy) is 1. The Hall–Kier alpha value is -0.380. The van der Waals surface area contributed by atoms with Gasteiger partial charge in [0.25, 0.3) is 0 Å². The molecular weight excluding hydrogens is 254 g/mol. The van der Waals surface area contributed by atoms with Gasteiger partial charge in [-0.2, -0.15) is 0 Å². The number of hydrogen-bond acceptors (Lipinski definition) is 2. The van der Waals surface area contributed by atoms with Gasteiger partial charge in [-0.15, -0.1) is 0 Å². The zero-order valence-electron chi connectivity index (χ0n) is 8.92. The standard InChI is InChI=1S/C12H16BrNO/c1-2-15-9-12(7-14-8-12)10-4-3-5-11(13)6-10/h3-6,14H,2,7-9H2,1H3. The molecule has 15 heavy (non-hydrogen) atoms. The summed E-state index contributed by atoms with van der Waals surface area (Å²) in [5.74, 6) is 0. The fourth-order valence-electron chi connectivity index (χ4n) is 1.93. The quantitative estimate of drug-likeness (QED) is 0.906. The Kier molecular flexibility index (Phi) is 3.44. The second kappa shape index (κ2) is 4.64. The molecule has 0 bridgehead atoms. The van der Waals surface area contributed by atoms with E-state index >= 15 is 0 Å². The van der Waals surface area contributed by atoms with Crippen LogP contribution in [-0.2, 0) is 10.2 Å². The minimum Gasteiger partial charge on any atom is -0.381 e. The molecule has 0 amide bonds. The second-order valence-electron chi connectivity index (χ2n) is 4.03. The van der Waals surface area contributed by atoms with Crippen molar-refractivity contribution in [1.82, 2.24) is 5.32 Å². The van der Waals surface area contributed by atoms with Gasteiger partial charge in [0.1, 0.15) is 0 Å². The average molecular weight is 270 g/mol. The maximum atomic E-state index is 5.58. The third-order valence-electron chi connectivity index (χ3n) is 2.95. The van der Waals surface area contributed by atoms with Crippen molar-refractivity contribution >= 4 is 15.9 Å². The molecule has 1 N–H and O–H groups in total. The number of halogens is 1. The van der Waals surface area contributed by atoms with Crippen molar-refractivity contribution in [2.45, 2.75) is 12.3 Å². The van der Waals surface area contributed by atoms with Crippen molar-refractivity contribution in [3.8, 4) is 0 Å². The third kappa shape index (κ3) is 2.25. The van der Waals surface area contributed by atoms with Gasteiger partial charge in [-0.1, -0.05) is 28.1 Å². The van der Waals surface area contributed by atoms with Crippen LogP contribution in [0.4, 0.5) is 0 Å². The third-order valence-corrected chi connectivity index (χ3v) is 3.44. The summed E-state index contributed by atoms with van der Waals surface area (Å²) in [7, 11) is 0. The Morgan fingerprint density at radius 1 is 1.47 bits per heavy atom. The number of rotatable bonds is 4. The molecule has 2 nitrogen and oxygen atoms in total. The van der Waals surface area contributed by atoms with Crippen molar-refractivity contribution in [2.75, 3.05) is 26.3 Å². The molecule has 0 aliphatic carbocycles. The highest BCUT2D eigenvalue weighted by Gasteiger charge is 2.38. The normalized spacial score (nSPS) is 18.5. The van der Waals surface area contributed by atoms with Gasteiger partial charge in [-0.05, 0) is 24.6 Å². The van der Waals surface area contributed by atoms with E-state index in [2.05, 4.69) is 45.5 Å². The molecule has 3 heteroatoms. The first-order chi connectivity index (χ1) is 7.27. The van der Waals surface area contributed by atoms with E-state index in [-0.39, 0.29) is 5.41 Å². The SMILES string of the molecule is CCOCC1(c2cccc(Br)c2)CNC1. The lowest BCUT2D eigenvalue weighted by Crippen LogP contribution is -2.59. The molecule has 0 spiro atoms. The second-order valence-corrected chi connectivity index (χ2v) is 4.95. The van der Waals surface area contributed by atoms with Crippen molar-refractivity contribution in [2.24, 2.45) is 0 Å². The van der Waals surface area contributed by atoms with Crippen LogP contribution in [0.15, 0.2) is 28.7 Å². The number of hydrogen-bond donors (Lipinski definition) is 1. The van der Waals surface area contributed by atoms with Crippen LogP contribution < -0.4 is 5.32 Å². The molecule has 1 heterocycles. The summed E-state index contributed by atoms with van der Waals surface area (Å²) in [6, 6.07) is 8.53. The largest absolute Gasteiger partial charge is 0.381 e. The average Bonchev–Trinajstić information content (AvgIpc) is 2.16. The van der Waals surface area contributed by atoms with E-state index in [1.54, 1.807) is 0 Å². The monoisotopic (exact) mass is 269 g/mol. The summed E-state index contributed by atoms with van der Waals surface area (Å²) in [4.78, 5) is 0. The molecule has 0 radical (unpaired) electrons. The summed E-state index contributed by atoms with van der Waals surface area (Å²) in [5.41, 5.74) is 1.56. The molecule has 0 unspecified atom stereocenters. The van der Waals surface area contributed by atoms with E-state index in [0.717, 1.165) is 30.8 Å². The van der Waals surface area contributed by atoms with E-state index < -0.39 is 0 Å². The lowest BCUT2D eigenvalue weighted by Gasteiger charge is -2.43. The van der Waals surface area contributed by atoms with Crippen LogP contribution in [0.25, 0.3) is 0 Å². The first-order valence-corrected chi connectivity index (χ1v) is 6.11. The highest BCUT2D eigenvalue weighted by Crippen LogP contribution is 2.30. The molecule has 1 aliphatic rings. The molecule has 1 fully saturated rings. The molecule has 0 aromatic heterocycles. The minimum atomic E-state index is 0.194. The molecule has 0 saturated carbocycles. The Bertz CT molecular complexity index is 336. The van der Waals surface area contributed by atoms with Gasteiger partial charge in [0, 0.05) is 29.6 Å². The molecule has 0 atom stereocenters. The zero-order chi connectivity index (χ0) is 10.7.